The Labute approximate surface area is 256 Å². The first-order chi connectivity index (χ1) is 20.0. The molecule has 0 aliphatic carbocycles. The first-order valence-corrected chi connectivity index (χ1v) is 15.8. The molecule has 2 aliphatic rings. The molecule has 0 bridgehead atoms. The number of rotatable bonds is 6. The highest BCUT2D eigenvalue weighted by Crippen LogP contribution is 2.41. The Balaban J connectivity index is 1.91. The van der Waals surface area contributed by atoms with E-state index in [2.05, 4.69) is 51.4 Å². The van der Waals surface area contributed by atoms with Crippen LogP contribution in [0.3, 0.4) is 0 Å². The van der Waals surface area contributed by atoms with Gasteiger partial charge in [0.25, 0.3) is 5.91 Å². The fourth-order valence-corrected chi connectivity index (χ4v) is 6.47. The number of amides is 2. The molecule has 1 saturated heterocycles. The number of nitrogens with two attached hydrogens (primary N) is 1. The van der Waals surface area contributed by atoms with Gasteiger partial charge in [0.05, 0.1) is 17.4 Å². The molecule has 1 atom stereocenters. The van der Waals surface area contributed by atoms with Crippen molar-refractivity contribution in [1.82, 2.24) is 14.9 Å². The van der Waals surface area contributed by atoms with Gasteiger partial charge in [0.1, 0.15) is 11.6 Å². The largest absolute Gasteiger partial charge is 0.447 e. The maximum atomic E-state index is 14.3. The number of carbonyl (C=O) groups is 2. The number of thiol groups is 1. The minimum absolute atomic E-state index is 0.0845. The number of nitrogen functional groups attached to an aromatic ring is 1. The van der Waals surface area contributed by atoms with E-state index in [0.717, 1.165) is 23.3 Å². The summed E-state index contributed by atoms with van der Waals surface area (Å²) in [4.78, 5) is 39.9. The number of ether oxygens (including phenoxy) is 1. The lowest BCUT2D eigenvalue weighted by Crippen LogP contribution is -2.41. The zero-order chi connectivity index (χ0) is 31.9. The average Bonchev–Trinajstić information content (AvgIpc) is 3.18. The van der Waals surface area contributed by atoms with Crippen LogP contribution in [0.4, 0.5) is 22.2 Å². The first-order valence-electron chi connectivity index (χ1n) is 14.7. The lowest BCUT2D eigenvalue weighted by molar-refractivity contribution is 0.0799. The predicted molar refractivity (Wildman–Crippen MR) is 170 cm³/mol. The molecule has 0 saturated carbocycles. The van der Waals surface area contributed by atoms with E-state index in [-0.39, 0.29) is 34.9 Å². The van der Waals surface area contributed by atoms with E-state index in [0.29, 0.717) is 42.1 Å². The number of nitrogens with zero attached hydrogens (tertiary/aromatic N) is 5. The summed E-state index contributed by atoms with van der Waals surface area (Å²) in [7, 11) is -3.40. The third kappa shape index (κ3) is 6.95. The molecule has 2 aromatic heterocycles. The van der Waals surface area contributed by atoms with E-state index >= 15 is 0 Å². The zero-order valence-corrected chi connectivity index (χ0v) is 27.3. The minimum atomic E-state index is -3.40. The van der Waals surface area contributed by atoms with E-state index in [1.54, 1.807) is 17.0 Å². The van der Waals surface area contributed by atoms with Crippen LogP contribution >= 0.6 is 0 Å². The molecule has 1 fully saturated rings. The summed E-state index contributed by atoms with van der Waals surface area (Å²) in [5, 5.41) is 0. The van der Waals surface area contributed by atoms with Crippen molar-refractivity contribution >= 4 is 45.9 Å². The molecule has 4 heterocycles. The van der Waals surface area contributed by atoms with Gasteiger partial charge in [-0.05, 0) is 70.2 Å². The van der Waals surface area contributed by atoms with E-state index in [4.69, 9.17) is 15.5 Å². The van der Waals surface area contributed by atoms with Gasteiger partial charge in [0.15, 0.2) is 5.82 Å². The lowest BCUT2D eigenvalue weighted by atomic mass is 9.83. The Kier molecular flexibility index (Phi) is 9.10. The second-order valence-corrected chi connectivity index (χ2v) is 14.2. The third-order valence-electron chi connectivity index (χ3n) is 7.75. The summed E-state index contributed by atoms with van der Waals surface area (Å²) in [6, 6.07) is 6.29. The van der Waals surface area contributed by atoms with Gasteiger partial charge in [-0.15, -0.1) is 0 Å². The van der Waals surface area contributed by atoms with Crippen LogP contribution in [0.5, 0.6) is 0 Å². The number of hydrogen-bond donors (Lipinski definition) is 2. The van der Waals surface area contributed by atoms with Crippen molar-refractivity contribution in [2.45, 2.75) is 85.3 Å². The van der Waals surface area contributed by atoms with Crippen LogP contribution in [0.15, 0.2) is 30.3 Å². The molecule has 2 N–H and O–H groups in total. The highest BCUT2D eigenvalue weighted by Gasteiger charge is 2.41. The van der Waals surface area contributed by atoms with Gasteiger partial charge in [-0.1, -0.05) is 39.8 Å². The first kappa shape index (κ1) is 32.2. The van der Waals surface area contributed by atoms with Crippen molar-refractivity contribution in [3.8, 4) is 0 Å². The van der Waals surface area contributed by atoms with Gasteiger partial charge in [0, 0.05) is 36.2 Å². The van der Waals surface area contributed by atoms with Crippen LogP contribution < -0.4 is 14.9 Å². The zero-order valence-electron chi connectivity index (χ0n) is 26.4. The monoisotopic (exact) mass is 612 g/mol. The van der Waals surface area contributed by atoms with Crippen LogP contribution in [0.25, 0.3) is 5.57 Å². The molecule has 12 heteroatoms. The SMILES string of the molecule is CC(C)OC(=O)N1CC=C(c2cc(C(=O)N(c3cccc(N)n3)[SH](=O)=O)c(N3C[C@@H](C)CC3(C)C)nc2C(C)(C)C)CC1. The van der Waals surface area contributed by atoms with Gasteiger partial charge < -0.3 is 20.3 Å². The average molecular weight is 613 g/mol. The molecule has 0 radical (unpaired) electrons. The molecule has 2 amide bonds. The van der Waals surface area contributed by atoms with Gasteiger partial charge in [-0.2, -0.15) is 4.31 Å². The molecule has 0 aromatic carbocycles. The highest BCUT2D eigenvalue weighted by molar-refractivity contribution is 7.75. The Bertz CT molecular complexity index is 1500. The van der Waals surface area contributed by atoms with E-state index in [9.17, 15) is 18.0 Å². The summed E-state index contributed by atoms with van der Waals surface area (Å²) in [6.45, 7) is 17.6. The Morgan fingerprint density at radius 2 is 1.88 bits per heavy atom. The van der Waals surface area contributed by atoms with Crippen molar-refractivity contribution in [3.63, 3.8) is 0 Å². The third-order valence-corrected chi connectivity index (χ3v) is 8.46. The topological polar surface area (TPSA) is 139 Å². The van der Waals surface area contributed by atoms with E-state index in [1.165, 1.54) is 12.1 Å². The summed E-state index contributed by atoms with van der Waals surface area (Å²) >= 11 is 0. The van der Waals surface area contributed by atoms with Gasteiger partial charge in [0.2, 0.25) is 10.9 Å². The highest BCUT2D eigenvalue weighted by atomic mass is 32.2. The van der Waals surface area contributed by atoms with E-state index in [1.807, 2.05) is 19.9 Å². The maximum Gasteiger partial charge on any atom is 0.410 e. The molecule has 2 aliphatic heterocycles. The number of aromatic nitrogens is 2. The fourth-order valence-electron chi connectivity index (χ4n) is 5.93. The van der Waals surface area contributed by atoms with Crippen molar-refractivity contribution in [1.29, 1.82) is 0 Å². The van der Waals surface area contributed by atoms with Crippen molar-refractivity contribution in [2.75, 3.05) is 34.6 Å². The maximum absolute atomic E-state index is 14.3. The molecule has 2 aromatic rings. The second-order valence-electron chi connectivity index (χ2n) is 13.4. The molecular formula is C31H44N6O5S. The summed E-state index contributed by atoms with van der Waals surface area (Å²) < 4.78 is 31.2. The summed E-state index contributed by atoms with van der Waals surface area (Å²) in [5.74, 6) is 0.0399. The number of carbonyl (C=O) groups excluding carboxylic acids is 2. The Morgan fingerprint density at radius 1 is 1.19 bits per heavy atom. The van der Waals surface area contributed by atoms with Crippen LogP contribution in [0, 0.1) is 5.92 Å². The number of anilines is 3. The molecule has 0 spiro atoms. The number of pyridine rings is 2. The lowest BCUT2D eigenvalue weighted by Gasteiger charge is -2.36. The minimum Gasteiger partial charge on any atom is -0.447 e. The normalized spacial score (nSPS) is 18.7. The van der Waals surface area contributed by atoms with Crippen molar-refractivity contribution < 1.29 is 22.7 Å². The summed E-state index contributed by atoms with van der Waals surface area (Å²) in [5.41, 5.74) is 7.76. The van der Waals surface area contributed by atoms with Gasteiger partial charge in [-0.3, -0.25) is 4.79 Å². The molecular weight excluding hydrogens is 568 g/mol. The number of hydrogen-bond acceptors (Lipinski definition) is 9. The van der Waals surface area contributed by atoms with Crippen LogP contribution in [0.1, 0.15) is 89.8 Å². The smallest absolute Gasteiger partial charge is 0.410 e. The molecule has 234 valence electrons. The van der Waals surface area contributed by atoms with Gasteiger partial charge in [-0.25, -0.2) is 23.2 Å². The molecule has 4 rings (SSSR count). The predicted octanol–water partition coefficient (Wildman–Crippen LogP) is 4.79. The van der Waals surface area contributed by atoms with E-state index < -0.39 is 22.2 Å². The second kappa shape index (κ2) is 12.1. The van der Waals surface area contributed by atoms with Crippen LogP contribution in [0.2, 0.25) is 0 Å². The van der Waals surface area contributed by atoms with Crippen molar-refractivity contribution in [2.24, 2.45) is 5.92 Å². The standard InChI is InChI=1S/C31H44N6O5S/c1-19(2)42-29(39)35-14-12-21(13-15-35)22-16-23(28(38)37(43(40)41)25-11-9-10-24(32)33-25)27(34-26(22)30(4,5)6)36-18-20(3)17-31(36,7)8/h9-12,16,19-20,43H,13-15,17-18H2,1-8H3,(H2,32,33)/t20-/m0/s1. The Morgan fingerprint density at radius 3 is 2.40 bits per heavy atom. The molecule has 43 heavy (non-hydrogen) atoms. The summed E-state index contributed by atoms with van der Waals surface area (Å²) in [6.07, 6.45) is 2.77. The van der Waals surface area contributed by atoms with Crippen molar-refractivity contribution in [3.05, 3.63) is 47.2 Å². The fraction of sp³-hybridized carbons (Fsp3) is 0.548. The van der Waals surface area contributed by atoms with Crippen LogP contribution in [-0.4, -0.2) is 66.6 Å². The Hall–Kier alpha value is -3.67. The molecule has 0 unspecified atom stereocenters. The van der Waals surface area contributed by atoms with Gasteiger partial charge >= 0.3 is 6.09 Å². The molecule has 11 nitrogen and oxygen atoms in total. The quantitative estimate of drug-likeness (QED) is 0.441. The van der Waals surface area contributed by atoms with Crippen LogP contribution in [-0.2, 0) is 21.0 Å².